The molecule has 0 amide bonds. The van der Waals surface area contributed by atoms with Crippen molar-refractivity contribution >= 4 is 17.3 Å². The summed E-state index contributed by atoms with van der Waals surface area (Å²) in [4.78, 5) is 2.34. The Kier molecular flexibility index (Phi) is 5.31. The van der Waals surface area contributed by atoms with E-state index in [1.165, 1.54) is 0 Å². The lowest BCUT2D eigenvalue weighted by Gasteiger charge is -2.30. The van der Waals surface area contributed by atoms with Gasteiger partial charge in [0.1, 0.15) is 6.07 Å². The van der Waals surface area contributed by atoms with Gasteiger partial charge in [-0.3, -0.25) is 0 Å². The molecular formula is C14H19ClN2. The third-order valence-electron chi connectivity index (χ3n) is 2.99. The molecule has 0 aliphatic heterocycles. The van der Waals surface area contributed by atoms with Crippen LogP contribution in [0, 0.1) is 11.3 Å². The molecule has 0 radical (unpaired) electrons. The normalized spacial score (nSPS) is 11.9. The summed E-state index contributed by atoms with van der Waals surface area (Å²) in [5, 5.41) is 9.40. The van der Waals surface area contributed by atoms with Crippen LogP contribution in [-0.2, 0) is 0 Å². The van der Waals surface area contributed by atoms with Crippen molar-refractivity contribution in [1.29, 1.82) is 5.26 Å². The van der Waals surface area contributed by atoms with E-state index in [0.717, 1.165) is 25.1 Å². The summed E-state index contributed by atoms with van der Waals surface area (Å²) in [7, 11) is 0. The lowest BCUT2D eigenvalue weighted by atomic mass is 10.1. The van der Waals surface area contributed by atoms with E-state index in [0.29, 0.717) is 16.6 Å². The molecule has 1 aromatic rings. The summed E-state index contributed by atoms with van der Waals surface area (Å²) in [5.74, 6) is 0. The van der Waals surface area contributed by atoms with Crippen LogP contribution in [0.5, 0.6) is 0 Å². The Morgan fingerprint density at radius 2 is 2.12 bits per heavy atom. The first-order valence-electron chi connectivity index (χ1n) is 6.10. The van der Waals surface area contributed by atoms with E-state index < -0.39 is 0 Å². The maximum atomic E-state index is 8.86. The first-order chi connectivity index (χ1) is 8.13. The molecule has 0 N–H and O–H groups in total. The fourth-order valence-electron chi connectivity index (χ4n) is 1.84. The number of benzene rings is 1. The minimum Gasteiger partial charge on any atom is -0.369 e. The van der Waals surface area contributed by atoms with Gasteiger partial charge in [0, 0.05) is 18.3 Å². The topological polar surface area (TPSA) is 27.0 Å². The zero-order valence-electron chi connectivity index (χ0n) is 10.7. The van der Waals surface area contributed by atoms with E-state index in [-0.39, 0.29) is 0 Å². The van der Waals surface area contributed by atoms with Gasteiger partial charge in [0.15, 0.2) is 0 Å². The van der Waals surface area contributed by atoms with Gasteiger partial charge >= 0.3 is 0 Å². The third-order valence-corrected chi connectivity index (χ3v) is 3.30. The Bertz CT molecular complexity index is 409. The molecule has 3 heteroatoms. The summed E-state index contributed by atoms with van der Waals surface area (Å²) in [6, 6.07) is 8.23. The van der Waals surface area contributed by atoms with Gasteiger partial charge in [-0.05, 0) is 38.0 Å². The lowest BCUT2D eigenvalue weighted by molar-refractivity contribution is 0.610. The maximum Gasteiger partial charge on any atom is 0.101 e. The highest BCUT2D eigenvalue weighted by Gasteiger charge is 2.13. The second kappa shape index (κ2) is 6.51. The van der Waals surface area contributed by atoms with Crippen molar-refractivity contribution in [2.24, 2.45) is 0 Å². The average Bonchev–Trinajstić information content (AvgIpc) is 2.35. The van der Waals surface area contributed by atoms with Crippen LogP contribution in [0.15, 0.2) is 18.2 Å². The van der Waals surface area contributed by atoms with Crippen LogP contribution in [0.2, 0.25) is 5.02 Å². The van der Waals surface area contributed by atoms with Gasteiger partial charge in [-0.1, -0.05) is 25.4 Å². The summed E-state index contributed by atoms with van der Waals surface area (Å²) in [6.07, 6.45) is 2.19. The highest BCUT2D eigenvalue weighted by atomic mass is 35.5. The van der Waals surface area contributed by atoms with Gasteiger partial charge in [-0.2, -0.15) is 5.26 Å². The van der Waals surface area contributed by atoms with E-state index in [9.17, 15) is 0 Å². The van der Waals surface area contributed by atoms with Crippen LogP contribution in [-0.4, -0.2) is 12.6 Å². The molecule has 0 heterocycles. The SMILES string of the molecule is CCCN(c1ccc(C#N)c(Cl)c1)[C@@H](C)CC. The number of nitriles is 1. The van der Waals surface area contributed by atoms with Crippen LogP contribution < -0.4 is 4.90 Å². The van der Waals surface area contributed by atoms with Crippen LogP contribution in [0.25, 0.3) is 0 Å². The van der Waals surface area contributed by atoms with Gasteiger partial charge < -0.3 is 4.90 Å². The van der Waals surface area contributed by atoms with Gasteiger partial charge in [0.25, 0.3) is 0 Å². The van der Waals surface area contributed by atoms with E-state index in [4.69, 9.17) is 16.9 Å². The third kappa shape index (κ3) is 3.38. The van der Waals surface area contributed by atoms with Gasteiger partial charge in [0.05, 0.1) is 10.6 Å². The van der Waals surface area contributed by atoms with Crippen molar-refractivity contribution in [3.8, 4) is 6.07 Å². The van der Waals surface area contributed by atoms with Crippen LogP contribution >= 0.6 is 11.6 Å². The van der Waals surface area contributed by atoms with Crippen molar-refractivity contribution in [3.63, 3.8) is 0 Å². The first kappa shape index (κ1) is 13.9. The number of rotatable bonds is 5. The molecule has 0 bridgehead atoms. The van der Waals surface area contributed by atoms with Crippen LogP contribution in [0.4, 0.5) is 5.69 Å². The molecule has 0 aliphatic carbocycles. The standard InChI is InChI=1S/C14H19ClN2/c1-4-8-17(11(3)5-2)13-7-6-12(10-16)14(15)9-13/h6-7,9,11H,4-5,8H2,1-3H3/t11-/m0/s1. The lowest BCUT2D eigenvalue weighted by Crippen LogP contribution is -2.33. The quantitative estimate of drug-likeness (QED) is 0.782. The molecule has 1 aromatic carbocycles. The Morgan fingerprint density at radius 3 is 2.59 bits per heavy atom. The van der Waals surface area contributed by atoms with E-state index >= 15 is 0 Å². The fourth-order valence-corrected chi connectivity index (χ4v) is 2.06. The molecule has 0 saturated carbocycles. The smallest absolute Gasteiger partial charge is 0.101 e. The zero-order valence-corrected chi connectivity index (χ0v) is 11.5. The van der Waals surface area contributed by atoms with Crippen molar-refractivity contribution < 1.29 is 0 Å². The summed E-state index contributed by atoms with van der Waals surface area (Å²) >= 11 is 6.07. The van der Waals surface area contributed by atoms with Crippen molar-refractivity contribution in [3.05, 3.63) is 28.8 Å². The second-order valence-corrected chi connectivity index (χ2v) is 4.63. The first-order valence-corrected chi connectivity index (χ1v) is 6.48. The second-order valence-electron chi connectivity index (χ2n) is 4.23. The number of hydrogen-bond acceptors (Lipinski definition) is 2. The molecular weight excluding hydrogens is 232 g/mol. The summed E-state index contributed by atoms with van der Waals surface area (Å²) in [5.41, 5.74) is 1.64. The van der Waals surface area contributed by atoms with Crippen molar-refractivity contribution in [2.75, 3.05) is 11.4 Å². The van der Waals surface area contributed by atoms with Crippen molar-refractivity contribution in [2.45, 2.75) is 39.7 Å². The van der Waals surface area contributed by atoms with Crippen LogP contribution in [0.1, 0.15) is 39.2 Å². The summed E-state index contributed by atoms with van der Waals surface area (Å²) < 4.78 is 0. The minimum atomic E-state index is 0.485. The van der Waals surface area contributed by atoms with E-state index in [2.05, 4.69) is 31.7 Å². The number of anilines is 1. The molecule has 0 fully saturated rings. The molecule has 0 aromatic heterocycles. The Labute approximate surface area is 109 Å². The number of hydrogen-bond donors (Lipinski definition) is 0. The van der Waals surface area contributed by atoms with Gasteiger partial charge in [-0.25, -0.2) is 0 Å². The zero-order chi connectivity index (χ0) is 12.8. The molecule has 1 rings (SSSR count). The average molecular weight is 251 g/mol. The highest BCUT2D eigenvalue weighted by Crippen LogP contribution is 2.25. The van der Waals surface area contributed by atoms with Crippen LogP contribution in [0.3, 0.4) is 0 Å². The van der Waals surface area contributed by atoms with Gasteiger partial charge in [-0.15, -0.1) is 0 Å². The predicted octanol–water partition coefficient (Wildman–Crippen LogP) is 4.23. The Morgan fingerprint density at radius 1 is 1.41 bits per heavy atom. The summed E-state index contributed by atoms with van der Waals surface area (Å²) in [6.45, 7) is 7.57. The fraction of sp³-hybridized carbons (Fsp3) is 0.500. The molecule has 0 saturated heterocycles. The molecule has 0 spiro atoms. The minimum absolute atomic E-state index is 0.485. The van der Waals surface area contributed by atoms with Crippen molar-refractivity contribution in [1.82, 2.24) is 0 Å². The Balaban J connectivity index is 3.03. The monoisotopic (exact) mass is 250 g/mol. The molecule has 2 nitrogen and oxygen atoms in total. The molecule has 92 valence electrons. The number of halogens is 1. The molecule has 1 atom stereocenters. The molecule has 0 aliphatic rings. The predicted molar refractivity (Wildman–Crippen MR) is 73.6 cm³/mol. The van der Waals surface area contributed by atoms with E-state index in [1.54, 1.807) is 6.07 Å². The largest absolute Gasteiger partial charge is 0.369 e. The highest BCUT2D eigenvalue weighted by molar-refractivity contribution is 6.32. The number of nitrogens with zero attached hydrogens (tertiary/aromatic N) is 2. The molecule has 0 unspecified atom stereocenters. The molecule has 17 heavy (non-hydrogen) atoms. The maximum absolute atomic E-state index is 8.86. The van der Waals surface area contributed by atoms with Gasteiger partial charge in [0.2, 0.25) is 0 Å². The van der Waals surface area contributed by atoms with E-state index in [1.807, 2.05) is 12.1 Å². The Hall–Kier alpha value is -1.20.